The number of sulfonamides is 1. The lowest BCUT2D eigenvalue weighted by molar-refractivity contribution is -0.111. The van der Waals surface area contributed by atoms with Crippen molar-refractivity contribution >= 4 is 27.7 Å². The number of hydrogen-bond donors (Lipinski definition) is 2. The zero-order valence-electron chi connectivity index (χ0n) is 14.5. The van der Waals surface area contributed by atoms with Gasteiger partial charge in [-0.1, -0.05) is 44.2 Å². The summed E-state index contributed by atoms with van der Waals surface area (Å²) >= 11 is 0. The highest BCUT2D eigenvalue weighted by molar-refractivity contribution is 7.89. The largest absolute Gasteiger partial charge is 0.322 e. The molecule has 0 aliphatic heterocycles. The van der Waals surface area contributed by atoms with Crippen molar-refractivity contribution in [1.29, 1.82) is 0 Å². The van der Waals surface area contributed by atoms with Gasteiger partial charge in [0.15, 0.2) is 0 Å². The van der Waals surface area contributed by atoms with E-state index >= 15 is 0 Å². The van der Waals surface area contributed by atoms with E-state index in [2.05, 4.69) is 19.2 Å². The number of nitrogens with two attached hydrogens (primary N) is 1. The fraction of sp³-hybridized carbons (Fsp3) is 0.211. The van der Waals surface area contributed by atoms with Crippen LogP contribution in [-0.4, -0.2) is 14.3 Å². The summed E-state index contributed by atoms with van der Waals surface area (Å²) in [5.41, 5.74) is 3.30. The number of benzene rings is 2. The number of rotatable bonds is 5. The average Bonchev–Trinajstić information content (AvgIpc) is 2.54. The van der Waals surface area contributed by atoms with Crippen molar-refractivity contribution in [3.05, 3.63) is 65.2 Å². The minimum Gasteiger partial charge on any atom is -0.322 e. The molecule has 0 bridgehead atoms. The molecule has 0 saturated carbocycles. The molecule has 0 aromatic heterocycles. The zero-order valence-corrected chi connectivity index (χ0v) is 15.3. The topological polar surface area (TPSA) is 89.3 Å². The first-order valence-electron chi connectivity index (χ1n) is 7.89. The molecular formula is C19H22N2O3S. The van der Waals surface area contributed by atoms with Crippen LogP contribution < -0.4 is 10.5 Å². The first-order chi connectivity index (χ1) is 11.7. The summed E-state index contributed by atoms with van der Waals surface area (Å²) in [5.74, 6) is 0.109. The fourth-order valence-corrected chi connectivity index (χ4v) is 2.79. The minimum atomic E-state index is -3.81. The fourth-order valence-electron chi connectivity index (χ4n) is 2.25. The van der Waals surface area contributed by atoms with Crippen LogP contribution in [0.25, 0.3) is 6.08 Å². The SMILES string of the molecule is Cc1ccc(S(N)(=O)=O)cc1NC(=O)/C=C\c1ccc(C(C)C)cc1. The summed E-state index contributed by atoms with van der Waals surface area (Å²) in [6, 6.07) is 12.3. The molecule has 3 N–H and O–H groups in total. The molecular weight excluding hydrogens is 336 g/mol. The van der Waals surface area contributed by atoms with Crippen molar-refractivity contribution in [2.24, 2.45) is 5.14 Å². The molecule has 0 fully saturated rings. The molecule has 0 radical (unpaired) electrons. The van der Waals surface area contributed by atoms with Gasteiger partial charge in [-0.15, -0.1) is 0 Å². The second kappa shape index (κ2) is 7.63. The number of anilines is 1. The Morgan fingerprint density at radius 3 is 2.32 bits per heavy atom. The van der Waals surface area contributed by atoms with Gasteiger partial charge in [0.1, 0.15) is 0 Å². The Bertz CT molecular complexity index is 899. The van der Waals surface area contributed by atoms with Crippen LogP contribution in [-0.2, 0) is 14.8 Å². The van der Waals surface area contributed by atoms with Crippen LogP contribution in [0.1, 0.15) is 36.5 Å². The van der Waals surface area contributed by atoms with E-state index in [0.717, 1.165) is 11.1 Å². The molecule has 0 unspecified atom stereocenters. The van der Waals surface area contributed by atoms with Crippen LogP contribution in [0.4, 0.5) is 5.69 Å². The van der Waals surface area contributed by atoms with E-state index in [1.54, 1.807) is 19.1 Å². The molecule has 2 rings (SSSR count). The third kappa shape index (κ3) is 5.27. The average molecular weight is 358 g/mol. The van der Waals surface area contributed by atoms with E-state index in [-0.39, 0.29) is 10.8 Å². The second-order valence-corrected chi connectivity index (χ2v) is 7.73. The summed E-state index contributed by atoms with van der Waals surface area (Å²) in [6.07, 6.45) is 3.12. The summed E-state index contributed by atoms with van der Waals surface area (Å²) in [5, 5.41) is 7.80. The standard InChI is InChI=1S/C19H22N2O3S/c1-13(2)16-8-5-15(6-9-16)7-11-19(22)21-18-12-17(25(20,23)24)10-4-14(18)3/h4-13H,1-3H3,(H,21,22)(H2,20,23,24)/b11-7-. The van der Waals surface area contributed by atoms with Gasteiger partial charge < -0.3 is 5.32 Å². The first-order valence-corrected chi connectivity index (χ1v) is 9.44. The van der Waals surface area contributed by atoms with E-state index in [1.165, 1.54) is 23.8 Å². The number of carbonyl (C=O) groups excluding carboxylic acids is 1. The Kier molecular flexibility index (Phi) is 5.77. The predicted molar refractivity (Wildman–Crippen MR) is 101 cm³/mol. The summed E-state index contributed by atoms with van der Waals surface area (Å²) < 4.78 is 22.8. The zero-order chi connectivity index (χ0) is 18.6. The van der Waals surface area contributed by atoms with Crippen molar-refractivity contribution < 1.29 is 13.2 Å². The van der Waals surface area contributed by atoms with Gasteiger partial charge in [0.05, 0.1) is 4.90 Å². The van der Waals surface area contributed by atoms with Crippen LogP contribution in [0.3, 0.4) is 0 Å². The summed E-state index contributed by atoms with van der Waals surface area (Å²) in [6.45, 7) is 6.02. The molecule has 0 atom stereocenters. The Labute approximate surface area is 148 Å². The van der Waals surface area contributed by atoms with Crippen molar-refractivity contribution in [1.82, 2.24) is 0 Å². The van der Waals surface area contributed by atoms with Gasteiger partial charge in [0, 0.05) is 11.8 Å². The molecule has 0 aliphatic rings. The lowest BCUT2D eigenvalue weighted by Crippen LogP contribution is -2.14. The third-order valence-electron chi connectivity index (χ3n) is 3.83. The van der Waals surface area contributed by atoms with Gasteiger partial charge in [-0.2, -0.15) is 0 Å². The van der Waals surface area contributed by atoms with Gasteiger partial charge in [0.25, 0.3) is 0 Å². The van der Waals surface area contributed by atoms with Crippen molar-refractivity contribution in [3.63, 3.8) is 0 Å². The monoisotopic (exact) mass is 358 g/mol. The molecule has 1 amide bonds. The maximum Gasteiger partial charge on any atom is 0.248 e. The van der Waals surface area contributed by atoms with Crippen LogP contribution in [0, 0.1) is 6.92 Å². The number of hydrogen-bond acceptors (Lipinski definition) is 3. The van der Waals surface area contributed by atoms with Gasteiger partial charge in [0.2, 0.25) is 15.9 Å². The predicted octanol–water partition coefficient (Wildman–Crippen LogP) is 3.42. The van der Waals surface area contributed by atoms with E-state index in [1.807, 2.05) is 24.3 Å². The lowest BCUT2D eigenvalue weighted by Gasteiger charge is -2.08. The number of amides is 1. The highest BCUT2D eigenvalue weighted by Gasteiger charge is 2.11. The van der Waals surface area contributed by atoms with E-state index in [4.69, 9.17) is 5.14 Å². The Morgan fingerprint density at radius 1 is 1.12 bits per heavy atom. The van der Waals surface area contributed by atoms with Crippen molar-refractivity contribution in [2.45, 2.75) is 31.6 Å². The molecule has 25 heavy (non-hydrogen) atoms. The first kappa shape index (κ1) is 18.9. The van der Waals surface area contributed by atoms with Crippen LogP contribution in [0.5, 0.6) is 0 Å². The number of aryl methyl sites for hydroxylation is 1. The van der Waals surface area contributed by atoms with Gasteiger partial charge >= 0.3 is 0 Å². The van der Waals surface area contributed by atoms with Crippen molar-refractivity contribution in [3.8, 4) is 0 Å². The molecule has 132 valence electrons. The van der Waals surface area contributed by atoms with E-state index in [9.17, 15) is 13.2 Å². The molecule has 5 nitrogen and oxygen atoms in total. The Morgan fingerprint density at radius 2 is 1.76 bits per heavy atom. The Balaban J connectivity index is 2.12. The van der Waals surface area contributed by atoms with Crippen molar-refractivity contribution in [2.75, 3.05) is 5.32 Å². The summed E-state index contributed by atoms with van der Waals surface area (Å²) in [4.78, 5) is 12.1. The number of primary sulfonamides is 1. The summed E-state index contributed by atoms with van der Waals surface area (Å²) in [7, 11) is -3.81. The van der Waals surface area contributed by atoms with Crippen LogP contribution in [0.2, 0.25) is 0 Å². The molecule has 2 aromatic carbocycles. The van der Waals surface area contributed by atoms with Crippen LogP contribution >= 0.6 is 0 Å². The minimum absolute atomic E-state index is 0.0401. The quantitative estimate of drug-likeness (QED) is 0.803. The maximum atomic E-state index is 12.1. The molecule has 2 aromatic rings. The molecule has 0 spiro atoms. The highest BCUT2D eigenvalue weighted by atomic mass is 32.2. The van der Waals surface area contributed by atoms with Crippen LogP contribution in [0.15, 0.2) is 53.4 Å². The van der Waals surface area contributed by atoms with Gasteiger partial charge in [-0.25, -0.2) is 13.6 Å². The molecule has 0 aliphatic carbocycles. The number of nitrogens with one attached hydrogen (secondary N) is 1. The van der Waals surface area contributed by atoms with E-state index in [0.29, 0.717) is 11.6 Å². The third-order valence-corrected chi connectivity index (χ3v) is 4.74. The van der Waals surface area contributed by atoms with Gasteiger partial charge in [-0.05, 0) is 47.7 Å². The number of carbonyl (C=O) groups is 1. The smallest absolute Gasteiger partial charge is 0.248 e. The molecule has 6 heteroatoms. The maximum absolute atomic E-state index is 12.1. The second-order valence-electron chi connectivity index (χ2n) is 6.17. The highest BCUT2D eigenvalue weighted by Crippen LogP contribution is 2.20. The Hall–Kier alpha value is -2.44. The lowest BCUT2D eigenvalue weighted by atomic mass is 10.0. The molecule has 0 heterocycles. The normalized spacial score (nSPS) is 11.9. The van der Waals surface area contributed by atoms with Gasteiger partial charge in [-0.3, -0.25) is 4.79 Å². The van der Waals surface area contributed by atoms with E-state index < -0.39 is 10.0 Å². The molecule has 0 saturated heterocycles.